The average molecular weight is 495 g/mol. The molecule has 0 aliphatic carbocycles. The fourth-order valence-corrected chi connectivity index (χ4v) is 4.49. The van der Waals surface area contributed by atoms with Gasteiger partial charge in [0.25, 0.3) is 10.0 Å². The largest absolute Gasteiger partial charge is 0.340 e. The number of anilines is 5. The molecule has 3 N–H and O–H groups in total. The van der Waals surface area contributed by atoms with Crippen molar-refractivity contribution >= 4 is 50.5 Å². The minimum atomic E-state index is -3.76. The van der Waals surface area contributed by atoms with E-state index in [0.717, 1.165) is 16.8 Å². The van der Waals surface area contributed by atoms with Crippen LogP contribution >= 0.6 is 11.6 Å². The topological polar surface area (TPSA) is 109 Å². The Kier molecular flexibility index (Phi) is 6.67. The normalized spacial score (nSPS) is 11.2. The van der Waals surface area contributed by atoms with Crippen LogP contribution in [-0.4, -0.2) is 23.4 Å². The Labute approximate surface area is 203 Å². The first-order valence-electron chi connectivity index (χ1n) is 10.4. The summed E-state index contributed by atoms with van der Waals surface area (Å²) in [5, 5.41) is 6.79. The van der Waals surface area contributed by atoms with Crippen LogP contribution in [0.25, 0.3) is 0 Å². The maximum atomic E-state index is 12.7. The molecule has 0 aliphatic heterocycles. The lowest BCUT2D eigenvalue weighted by atomic mass is 10.2. The highest BCUT2D eigenvalue weighted by atomic mass is 35.5. The molecule has 2 aromatic heterocycles. The first kappa shape index (κ1) is 23.5. The number of sulfonamides is 1. The second kappa shape index (κ2) is 9.66. The molecule has 34 heavy (non-hydrogen) atoms. The van der Waals surface area contributed by atoms with Crippen molar-refractivity contribution in [1.82, 2.24) is 15.0 Å². The van der Waals surface area contributed by atoms with Gasteiger partial charge in [-0.25, -0.2) is 23.4 Å². The summed E-state index contributed by atoms with van der Waals surface area (Å²) in [6.45, 7) is 5.61. The van der Waals surface area contributed by atoms with Gasteiger partial charge in [0.15, 0.2) is 0 Å². The molecule has 0 bridgehead atoms. The molecule has 0 spiro atoms. The molecule has 8 nitrogen and oxygen atoms in total. The Balaban J connectivity index is 1.47. The number of benzene rings is 2. The van der Waals surface area contributed by atoms with Gasteiger partial charge in [-0.15, -0.1) is 0 Å². The average Bonchev–Trinajstić information content (AvgIpc) is 2.76. The van der Waals surface area contributed by atoms with Crippen LogP contribution in [0.5, 0.6) is 0 Å². The summed E-state index contributed by atoms with van der Waals surface area (Å²) in [5.74, 6) is 2.47. The second-order valence-electron chi connectivity index (χ2n) is 7.75. The van der Waals surface area contributed by atoms with Crippen molar-refractivity contribution in [2.24, 2.45) is 0 Å². The third-order valence-corrected chi connectivity index (χ3v) is 6.66. The van der Waals surface area contributed by atoms with E-state index >= 15 is 0 Å². The van der Waals surface area contributed by atoms with Crippen molar-refractivity contribution < 1.29 is 8.42 Å². The van der Waals surface area contributed by atoms with E-state index in [1.165, 1.54) is 12.1 Å². The van der Waals surface area contributed by atoms with Crippen LogP contribution in [0.2, 0.25) is 5.02 Å². The fourth-order valence-electron chi connectivity index (χ4n) is 3.16. The summed E-state index contributed by atoms with van der Waals surface area (Å²) in [5.41, 5.74) is 3.06. The number of rotatable bonds is 7. The van der Waals surface area contributed by atoms with Gasteiger partial charge >= 0.3 is 0 Å². The van der Waals surface area contributed by atoms with Gasteiger partial charge in [0, 0.05) is 28.7 Å². The van der Waals surface area contributed by atoms with Gasteiger partial charge in [-0.05, 0) is 80.4 Å². The third kappa shape index (κ3) is 5.81. The van der Waals surface area contributed by atoms with Crippen LogP contribution < -0.4 is 15.4 Å². The zero-order valence-corrected chi connectivity index (χ0v) is 20.4. The SMILES string of the molecule is Cc1ccnc(Nc2cc(Nc3ccc(NS(=O)(=O)c4ccc(C)c(Cl)c4)cc3)nc(C)n2)c1. The van der Waals surface area contributed by atoms with E-state index < -0.39 is 10.0 Å². The molecule has 0 atom stereocenters. The van der Waals surface area contributed by atoms with Crippen molar-refractivity contribution in [2.45, 2.75) is 25.7 Å². The first-order chi connectivity index (χ1) is 16.2. The van der Waals surface area contributed by atoms with Gasteiger partial charge in [0.1, 0.15) is 23.3 Å². The number of aryl methyl sites for hydroxylation is 3. The molecular formula is C24H23ClN6O2S. The Morgan fingerprint density at radius 1 is 0.765 bits per heavy atom. The zero-order valence-electron chi connectivity index (χ0n) is 18.8. The Morgan fingerprint density at radius 3 is 2.12 bits per heavy atom. The third-order valence-electron chi connectivity index (χ3n) is 4.87. The Bertz CT molecular complexity index is 1440. The van der Waals surface area contributed by atoms with Gasteiger partial charge in [-0.2, -0.15) is 0 Å². The summed E-state index contributed by atoms with van der Waals surface area (Å²) in [6.07, 6.45) is 1.73. The molecule has 0 aliphatic rings. The second-order valence-corrected chi connectivity index (χ2v) is 9.84. The van der Waals surface area contributed by atoms with Crippen molar-refractivity contribution in [3.05, 3.63) is 88.8 Å². The number of nitrogens with one attached hydrogen (secondary N) is 3. The van der Waals surface area contributed by atoms with E-state index in [-0.39, 0.29) is 4.90 Å². The maximum Gasteiger partial charge on any atom is 0.261 e. The van der Waals surface area contributed by atoms with E-state index in [1.54, 1.807) is 49.5 Å². The molecule has 0 radical (unpaired) electrons. The summed E-state index contributed by atoms with van der Waals surface area (Å²) in [4.78, 5) is 13.2. The number of nitrogens with zero attached hydrogens (tertiary/aromatic N) is 3. The summed E-state index contributed by atoms with van der Waals surface area (Å²) in [6, 6.07) is 17.1. The summed E-state index contributed by atoms with van der Waals surface area (Å²) >= 11 is 6.08. The number of hydrogen-bond donors (Lipinski definition) is 3. The summed E-state index contributed by atoms with van der Waals surface area (Å²) in [7, 11) is -3.76. The zero-order chi connectivity index (χ0) is 24.3. The molecule has 0 unspecified atom stereocenters. The molecular weight excluding hydrogens is 472 g/mol. The standard InChI is InChI=1S/C24H23ClN6O2S/c1-15-10-11-26-22(12-15)30-24-14-23(27-17(3)28-24)29-18-5-7-19(8-6-18)31-34(32,33)20-9-4-16(2)21(25)13-20/h4-14,31H,1-3H3,(H2,26,27,28,29,30). The molecule has 0 amide bonds. The fraction of sp³-hybridized carbons (Fsp3) is 0.125. The first-order valence-corrected chi connectivity index (χ1v) is 12.3. The lowest BCUT2D eigenvalue weighted by Gasteiger charge is -2.12. The molecule has 0 saturated carbocycles. The number of hydrogen-bond acceptors (Lipinski definition) is 7. The molecule has 174 valence electrons. The molecule has 4 rings (SSSR count). The van der Waals surface area contributed by atoms with E-state index in [1.807, 2.05) is 26.0 Å². The minimum Gasteiger partial charge on any atom is -0.340 e. The van der Waals surface area contributed by atoms with Crippen molar-refractivity contribution in [3.63, 3.8) is 0 Å². The van der Waals surface area contributed by atoms with Crippen molar-refractivity contribution in [1.29, 1.82) is 0 Å². The maximum absolute atomic E-state index is 12.7. The van der Waals surface area contributed by atoms with Gasteiger partial charge in [-0.1, -0.05) is 17.7 Å². The van der Waals surface area contributed by atoms with E-state index in [4.69, 9.17) is 11.6 Å². The highest BCUT2D eigenvalue weighted by molar-refractivity contribution is 7.92. The van der Waals surface area contributed by atoms with Gasteiger partial charge in [0.05, 0.1) is 4.90 Å². The van der Waals surface area contributed by atoms with Crippen LogP contribution in [0, 0.1) is 20.8 Å². The van der Waals surface area contributed by atoms with Crippen LogP contribution in [0.3, 0.4) is 0 Å². The van der Waals surface area contributed by atoms with Crippen molar-refractivity contribution in [3.8, 4) is 0 Å². The van der Waals surface area contributed by atoms with Crippen LogP contribution in [0.1, 0.15) is 17.0 Å². The highest BCUT2D eigenvalue weighted by Gasteiger charge is 2.15. The van der Waals surface area contributed by atoms with E-state index in [9.17, 15) is 8.42 Å². The highest BCUT2D eigenvalue weighted by Crippen LogP contribution is 2.24. The number of aromatic nitrogens is 3. The van der Waals surface area contributed by atoms with Crippen molar-refractivity contribution in [2.75, 3.05) is 15.4 Å². The van der Waals surface area contributed by atoms with Gasteiger partial charge < -0.3 is 10.6 Å². The van der Waals surface area contributed by atoms with Gasteiger partial charge in [-0.3, -0.25) is 4.72 Å². The van der Waals surface area contributed by atoms with E-state index in [0.29, 0.717) is 34.0 Å². The monoisotopic (exact) mass is 494 g/mol. The smallest absolute Gasteiger partial charge is 0.261 e. The molecule has 10 heteroatoms. The lowest BCUT2D eigenvalue weighted by molar-refractivity contribution is 0.601. The Hall–Kier alpha value is -3.69. The Morgan fingerprint density at radius 2 is 1.44 bits per heavy atom. The number of halogens is 1. The molecule has 0 fully saturated rings. The number of pyridine rings is 1. The van der Waals surface area contributed by atoms with Crippen LogP contribution in [0.15, 0.2) is 71.8 Å². The minimum absolute atomic E-state index is 0.102. The summed E-state index contributed by atoms with van der Waals surface area (Å²) < 4.78 is 27.9. The molecule has 2 heterocycles. The predicted octanol–water partition coefficient (Wildman–Crippen LogP) is 5.74. The van der Waals surface area contributed by atoms with Crippen LogP contribution in [0.4, 0.5) is 28.8 Å². The van der Waals surface area contributed by atoms with E-state index in [2.05, 4.69) is 30.3 Å². The molecule has 0 saturated heterocycles. The predicted molar refractivity (Wildman–Crippen MR) is 136 cm³/mol. The van der Waals surface area contributed by atoms with Crippen LogP contribution in [-0.2, 0) is 10.0 Å². The lowest BCUT2D eigenvalue weighted by Crippen LogP contribution is -2.13. The quantitative estimate of drug-likeness (QED) is 0.300. The molecule has 2 aromatic carbocycles. The van der Waals surface area contributed by atoms with Gasteiger partial charge in [0.2, 0.25) is 0 Å². The molecule has 4 aromatic rings.